The maximum absolute atomic E-state index is 3.61. The summed E-state index contributed by atoms with van der Waals surface area (Å²) < 4.78 is 0. The fraction of sp³-hybridized carbons (Fsp3) is 1.00. The van der Waals surface area contributed by atoms with Crippen LogP contribution < -0.4 is 5.32 Å². The standard InChI is InChI=1S/C17H32N2/c1(4-12-18-16-6-7-16)5-13-19-14-10-17(11-15-19)8-2-3-9-17/h16,18H,1-15H2. The Morgan fingerprint density at radius 1 is 0.895 bits per heavy atom. The van der Waals surface area contributed by atoms with E-state index in [1.54, 1.807) is 0 Å². The van der Waals surface area contributed by atoms with Gasteiger partial charge < -0.3 is 10.2 Å². The Labute approximate surface area is 119 Å². The third-order valence-corrected chi connectivity index (χ3v) is 5.74. The van der Waals surface area contributed by atoms with Crippen LogP contribution in [0.3, 0.4) is 0 Å². The van der Waals surface area contributed by atoms with Crippen LogP contribution in [0.2, 0.25) is 0 Å². The van der Waals surface area contributed by atoms with Gasteiger partial charge in [0.05, 0.1) is 0 Å². The number of hydrogen-bond acceptors (Lipinski definition) is 2. The van der Waals surface area contributed by atoms with E-state index in [0.29, 0.717) is 0 Å². The van der Waals surface area contributed by atoms with E-state index in [1.165, 1.54) is 96.8 Å². The Bertz CT molecular complexity index is 256. The average molecular weight is 264 g/mol. The molecule has 2 aliphatic carbocycles. The van der Waals surface area contributed by atoms with Crippen molar-refractivity contribution in [1.82, 2.24) is 10.2 Å². The Balaban J connectivity index is 1.21. The van der Waals surface area contributed by atoms with Crippen LogP contribution in [-0.4, -0.2) is 37.1 Å². The fourth-order valence-corrected chi connectivity index (χ4v) is 4.11. The average Bonchev–Trinajstić information content (AvgIpc) is 3.16. The van der Waals surface area contributed by atoms with E-state index in [9.17, 15) is 0 Å². The molecule has 1 heterocycles. The second-order valence-electron chi connectivity index (χ2n) is 7.34. The lowest BCUT2D eigenvalue weighted by molar-refractivity contribution is 0.107. The van der Waals surface area contributed by atoms with Crippen molar-refractivity contribution < 1.29 is 0 Å². The molecule has 0 aromatic heterocycles. The summed E-state index contributed by atoms with van der Waals surface area (Å²) in [6.45, 7) is 5.40. The zero-order chi connectivity index (χ0) is 13.0. The minimum Gasteiger partial charge on any atom is -0.314 e. The zero-order valence-corrected chi connectivity index (χ0v) is 12.6. The highest BCUT2D eigenvalue weighted by Gasteiger charge is 2.36. The number of likely N-dealkylation sites (tertiary alicyclic amines) is 1. The molecule has 0 aromatic rings. The Hall–Kier alpha value is -0.0800. The lowest BCUT2D eigenvalue weighted by Gasteiger charge is -2.39. The maximum atomic E-state index is 3.61. The van der Waals surface area contributed by atoms with Gasteiger partial charge in [-0.1, -0.05) is 19.3 Å². The van der Waals surface area contributed by atoms with Crippen LogP contribution in [-0.2, 0) is 0 Å². The molecule has 19 heavy (non-hydrogen) atoms. The molecule has 0 bridgehead atoms. The smallest absolute Gasteiger partial charge is 0.00682 e. The van der Waals surface area contributed by atoms with Gasteiger partial charge in [-0.3, -0.25) is 0 Å². The minimum absolute atomic E-state index is 0.796. The second kappa shape index (κ2) is 6.58. The van der Waals surface area contributed by atoms with Gasteiger partial charge in [0.2, 0.25) is 0 Å². The normalized spacial score (nSPS) is 27.2. The van der Waals surface area contributed by atoms with E-state index < -0.39 is 0 Å². The number of rotatable bonds is 7. The van der Waals surface area contributed by atoms with Crippen molar-refractivity contribution in [2.45, 2.75) is 76.7 Å². The predicted molar refractivity (Wildman–Crippen MR) is 81.5 cm³/mol. The number of unbranched alkanes of at least 4 members (excludes halogenated alkanes) is 2. The summed E-state index contributed by atoms with van der Waals surface area (Å²) in [6, 6.07) is 0.893. The van der Waals surface area contributed by atoms with Crippen LogP contribution in [0, 0.1) is 5.41 Å². The maximum Gasteiger partial charge on any atom is 0.00682 e. The highest BCUT2D eigenvalue weighted by Crippen LogP contribution is 2.46. The van der Waals surface area contributed by atoms with Crippen molar-refractivity contribution in [2.24, 2.45) is 5.41 Å². The van der Waals surface area contributed by atoms with Gasteiger partial charge in [-0.05, 0) is 83.0 Å². The minimum atomic E-state index is 0.796. The SMILES string of the molecule is C(CCNC1CC1)CCN1CCC2(CCCC2)CC1. The molecule has 0 radical (unpaired) electrons. The number of nitrogens with zero attached hydrogens (tertiary/aromatic N) is 1. The van der Waals surface area contributed by atoms with Crippen molar-refractivity contribution in [3.8, 4) is 0 Å². The van der Waals surface area contributed by atoms with Gasteiger partial charge in [0.15, 0.2) is 0 Å². The van der Waals surface area contributed by atoms with Crippen molar-refractivity contribution in [1.29, 1.82) is 0 Å². The molecule has 0 unspecified atom stereocenters. The largest absolute Gasteiger partial charge is 0.314 e. The molecule has 3 rings (SSSR count). The van der Waals surface area contributed by atoms with E-state index in [4.69, 9.17) is 0 Å². The Morgan fingerprint density at radius 3 is 2.32 bits per heavy atom. The first-order valence-corrected chi connectivity index (χ1v) is 8.82. The lowest BCUT2D eigenvalue weighted by Crippen LogP contribution is -2.39. The molecular weight excluding hydrogens is 232 g/mol. The Kier molecular flexibility index (Phi) is 4.81. The van der Waals surface area contributed by atoms with Gasteiger partial charge in [-0.25, -0.2) is 0 Å². The molecule has 1 saturated heterocycles. The molecule has 2 nitrogen and oxygen atoms in total. The van der Waals surface area contributed by atoms with Gasteiger partial charge in [-0.2, -0.15) is 0 Å². The van der Waals surface area contributed by atoms with E-state index in [2.05, 4.69) is 10.2 Å². The topological polar surface area (TPSA) is 15.3 Å². The lowest BCUT2D eigenvalue weighted by atomic mass is 9.77. The number of hydrogen-bond donors (Lipinski definition) is 1. The van der Waals surface area contributed by atoms with Crippen LogP contribution in [0.1, 0.15) is 70.6 Å². The van der Waals surface area contributed by atoms with Gasteiger partial charge >= 0.3 is 0 Å². The highest BCUT2D eigenvalue weighted by molar-refractivity contribution is 4.89. The molecule has 3 fully saturated rings. The summed E-state index contributed by atoms with van der Waals surface area (Å²) in [4.78, 5) is 2.73. The van der Waals surface area contributed by atoms with Gasteiger partial charge in [0.25, 0.3) is 0 Å². The summed E-state index contributed by atoms with van der Waals surface area (Å²) >= 11 is 0. The molecule has 1 spiro atoms. The van der Waals surface area contributed by atoms with Gasteiger partial charge in [-0.15, -0.1) is 0 Å². The highest BCUT2D eigenvalue weighted by atomic mass is 15.1. The van der Waals surface area contributed by atoms with Crippen molar-refractivity contribution in [3.05, 3.63) is 0 Å². The summed E-state index contributed by atoms with van der Waals surface area (Å²) in [5.74, 6) is 0. The molecule has 2 heteroatoms. The monoisotopic (exact) mass is 264 g/mol. The zero-order valence-electron chi connectivity index (χ0n) is 12.6. The van der Waals surface area contributed by atoms with Crippen LogP contribution in [0.4, 0.5) is 0 Å². The summed E-state index contributed by atoms with van der Waals surface area (Å²) in [7, 11) is 0. The molecule has 0 amide bonds. The molecular formula is C17H32N2. The van der Waals surface area contributed by atoms with Gasteiger partial charge in [0.1, 0.15) is 0 Å². The van der Waals surface area contributed by atoms with Crippen molar-refractivity contribution >= 4 is 0 Å². The van der Waals surface area contributed by atoms with E-state index >= 15 is 0 Å². The molecule has 110 valence electrons. The molecule has 0 atom stereocenters. The first kappa shape index (κ1) is 13.9. The van der Waals surface area contributed by atoms with Gasteiger partial charge in [0, 0.05) is 6.04 Å². The number of piperidine rings is 1. The molecule has 2 saturated carbocycles. The van der Waals surface area contributed by atoms with Crippen LogP contribution in [0.15, 0.2) is 0 Å². The van der Waals surface area contributed by atoms with Crippen molar-refractivity contribution in [2.75, 3.05) is 26.2 Å². The van der Waals surface area contributed by atoms with Crippen LogP contribution in [0.5, 0.6) is 0 Å². The third kappa shape index (κ3) is 4.19. The summed E-state index contributed by atoms with van der Waals surface area (Å²) in [5, 5.41) is 3.61. The number of nitrogens with one attached hydrogen (secondary N) is 1. The molecule has 3 aliphatic rings. The van der Waals surface area contributed by atoms with E-state index in [1.807, 2.05) is 0 Å². The fourth-order valence-electron chi connectivity index (χ4n) is 4.11. The Morgan fingerprint density at radius 2 is 1.63 bits per heavy atom. The third-order valence-electron chi connectivity index (χ3n) is 5.74. The molecule has 1 aliphatic heterocycles. The second-order valence-corrected chi connectivity index (χ2v) is 7.34. The first-order chi connectivity index (χ1) is 9.36. The quantitative estimate of drug-likeness (QED) is 0.707. The predicted octanol–water partition coefficient (Wildman–Crippen LogP) is 3.56. The summed E-state index contributed by atoms with van der Waals surface area (Å²) in [5.41, 5.74) is 0.796. The van der Waals surface area contributed by atoms with E-state index in [-0.39, 0.29) is 0 Å². The first-order valence-electron chi connectivity index (χ1n) is 8.82. The van der Waals surface area contributed by atoms with Crippen LogP contribution >= 0.6 is 0 Å². The van der Waals surface area contributed by atoms with E-state index in [0.717, 1.165) is 11.5 Å². The van der Waals surface area contributed by atoms with Crippen LogP contribution in [0.25, 0.3) is 0 Å². The summed E-state index contributed by atoms with van der Waals surface area (Å²) in [6.07, 6.45) is 16.1. The van der Waals surface area contributed by atoms with Crippen molar-refractivity contribution in [3.63, 3.8) is 0 Å². The molecule has 1 N–H and O–H groups in total. The molecule has 0 aromatic carbocycles.